The van der Waals surface area contributed by atoms with Gasteiger partial charge in [0.05, 0.1) is 12.1 Å². The van der Waals surface area contributed by atoms with Gasteiger partial charge in [-0.3, -0.25) is 4.79 Å². The van der Waals surface area contributed by atoms with Crippen molar-refractivity contribution in [2.45, 2.75) is 6.54 Å². The van der Waals surface area contributed by atoms with Crippen LogP contribution >= 0.6 is 11.6 Å². The van der Waals surface area contributed by atoms with Gasteiger partial charge in [-0.15, -0.1) is 0 Å². The van der Waals surface area contributed by atoms with Crippen LogP contribution in [-0.2, 0) is 13.6 Å². The molecule has 0 radical (unpaired) electrons. The lowest BCUT2D eigenvalue weighted by molar-refractivity contribution is 0.0782. The third-order valence-corrected chi connectivity index (χ3v) is 3.00. The van der Waals surface area contributed by atoms with E-state index in [0.717, 1.165) is 5.69 Å². The zero-order valence-electron chi connectivity index (χ0n) is 10.3. The van der Waals surface area contributed by atoms with Crippen molar-refractivity contribution in [3.05, 3.63) is 53.1 Å². The quantitative estimate of drug-likeness (QED) is 0.798. The fourth-order valence-electron chi connectivity index (χ4n) is 1.70. The predicted molar refractivity (Wildman–Crippen MR) is 70.5 cm³/mol. The van der Waals surface area contributed by atoms with Gasteiger partial charge in [0.2, 0.25) is 0 Å². The van der Waals surface area contributed by atoms with Crippen LogP contribution in [0.3, 0.4) is 0 Å². The number of aromatic nitrogens is 2. The second-order valence-electron chi connectivity index (χ2n) is 4.14. The van der Waals surface area contributed by atoms with E-state index in [1.807, 2.05) is 29.9 Å². The Balaban J connectivity index is 2.09. The van der Waals surface area contributed by atoms with Crippen LogP contribution in [0.4, 0.5) is 0 Å². The highest BCUT2D eigenvalue weighted by atomic mass is 35.5. The molecule has 18 heavy (non-hydrogen) atoms. The number of hydrogen-bond acceptors (Lipinski definition) is 2. The van der Waals surface area contributed by atoms with Crippen LogP contribution < -0.4 is 0 Å². The van der Waals surface area contributed by atoms with E-state index in [1.54, 1.807) is 24.1 Å². The minimum atomic E-state index is -0.0691. The molecule has 0 aliphatic heterocycles. The lowest BCUT2D eigenvalue weighted by Gasteiger charge is -2.17. The normalized spacial score (nSPS) is 10.4. The molecule has 0 aromatic carbocycles. The molecule has 0 atom stereocenters. The molecule has 0 spiro atoms. The minimum Gasteiger partial charge on any atom is -0.353 e. The maximum absolute atomic E-state index is 12.1. The van der Waals surface area contributed by atoms with Gasteiger partial charge in [0, 0.05) is 32.2 Å². The third-order valence-electron chi connectivity index (χ3n) is 2.77. The molecule has 0 bridgehead atoms. The van der Waals surface area contributed by atoms with Crippen LogP contribution in [0.1, 0.15) is 16.1 Å². The smallest absolute Gasteiger partial charge is 0.255 e. The number of rotatable bonds is 3. The van der Waals surface area contributed by atoms with Gasteiger partial charge in [0.1, 0.15) is 5.15 Å². The van der Waals surface area contributed by atoms with E-state index in [4.69, 9.17) is 11.6 Å². The van der Waals surface area contributed by atoms with Crippen LogP contribution in [0.25, 0.3) is 0 Å². The summed E-state index contributed by atoms with van der Waals surface area (Å²) in [6.45, 7) is 0.560. The van der Waals surface area contributed by atoms with Crippen molar-refractivity contribution >= 4 is 17.5 Å². The number of carbonyl (C=O) groups excluding carboxylic acids is 1. The summed E-state index contributed by atoms with van der Waals surface area (Å²) < 4.78 is 1.99. The lowest BCUT2D eigenvalue weighted by atomic mass is 10.2. The molecule has 5 heteroatoms. The van der Waals surface area contributed by atoms with Crippen molar-refractivity contribution in [3.8, 4) is 0 Å². The maximum atomic E-state index is 12.1. The number of aryl methyl sites for hydroxylation is 1. The molecule has 2 heterocycles. The maximum Gasteiger partial charge on any atom is 0.255 e. The van der Waals surface area contributed by atoms with E-state index < -0.39 is 0 Å². The van der Waals surface area contributed by atoms with Gasteiger partial charge >= 0.3 is 0 Å². The molecule has 1 amide bonds. The Kier molecular flexibility index (Phi) is 3.67. The third kappa shape index (κ3) is 2.71. The standard InChI is InChI=1S/C13H14ClN3O/c1-16-7-3-4-11(16)9-17(2)13(18)10-5-6-12(14)15-8-10/h3-8H,9H2,1-2H3. The number of amides is 1. The Morgan fingerprint density at radius 1 is 1.44 bits per heavy atom. The van der Waals surface area contributed by atoms with Crippen molar-refractivity contribution in [1.29, 1.82) is 0 Å². The van der Waals surface area contributed by atoms with Crippen molar-refractivity contribution in [1.82, 2.24) is 14.5 Å². The molecule has 0 aliphatic rings. The number of pyridine rings is 1. The summed E-state index contributed by atoms with van der Waals surface area (Å²) in [4.78, 5) is 17.7. The molecule has 4 nitrogen and oxygen atoms in total. The summed E-state index contributed by atoms with van der Waals surface area (Å²) >= 11 is 5.69. The van der Waals surface area contributed by atoms with E-state index >= 15 is 0 Å². The van der Waals surface area contributed by atoms with Gasteiger partial charge < -0.3 is 9.47 Å². The molecule has 0 N–H and O–H groups in total. The first kappa shape index (κ1) is 12.6. The summed E-state index contributed by atoms with van der Waals surface area (Å²) in [5.41, 5.74) is 1.61. The van der Waals surface area contributed by atoms with Crippen molar-refractivity contribution in [3.63, 3.8) is 0 Å². The van der Waals surface area contributed by atoms with E-state index in [1.165, 1.54) is 6.20 Å². The SMILES string of the molecule is CN(Cc1cccn1C)C(=O)c1ccc(Cl)nc1. The highest BCUT2D eigenvalue weighted by molar-refractivity contribution is 6.29. The van der Waals surface area contributed by atoms with Gasteiger partial charge in [-0.05, 0) is 24.3 Å². The molecule has 0 unspecified atom stereocenters. The number of nitrogens with zero attached hydrogens (tertiary/aromatic N) is 3. The fourth-order valence-corrected chi connectivity index (χ4v) is 1.81. The van der Waals surface area contributed by atoms with Gasteiger partial charge in [-0.1, -0.05) is 11.6 Å². The zero-order valence-corrected chi connectivity index (χ0v) is 11.1. The first-order valence-corrected chi connectivity index (χ1v) is 5.93. The molecule has 2 rings (SSSR count). The second-order valence-corrected chi connectivity index (χ2v) is 4.53. The Labute approximate surface area is 111 Å². The van der Waals surface area contributed by atoms with E-state index in [9.17, 15) is 4.79 Å². The summed E-state index contributed by atoms with van der Waals surface area (Å²) in [5.74, 6) is -0.0691. The van der Waals surface area contributed by atoms with E-state index in [2.05, 4.69) is 4.98 Å². The van der Waals surface area contributed by atoms with Crippen molar-refractivity contribution in [2.24, 2.45) is 7.05 Å². The van der Waals surface area contributed by atoms with E-state index in [0.29, 0.717) is 17.3 Å². The molecule has 0 aliphatic carbocycles. The topological polar surface area (TPSA) is 38.1 Å². The molecule has 94 valence electrons. The van der Waals surface area contributed by atoms with Gasteiger partial charge in [-0.25, -0.2) is 4.98 Å². The van der Waals surface area contributed by atoms with Crippen LogP contribution in [0, 0.1) is 0 Å². The Bertz CT molecular complexity index is 548. The summed E-state index contributed by atoms with van der Waals surface area (Å²) in [6.07, 6.45) is 3.45. The lowest BCUT2D eigenvalue weighted by Crippen LogP contribution is -2.27. The highest BCUT2D eigenvalue weighted by Gasteiger charge is 2.13. The van der Waals surface area contributed by atoms with Gasteiger partial charge in [-0.2, -0.15) is 0 Å². The Morgan fingerprint density at radius 2 is 2.22 bits per heavy atom. The fraction of sp³-hybridized carbons (Fsp3) is 0.231. The predicted octanol–water partition coefficient (Wildman–Crippen LogP) is 2.35. The van der Waals surface area contributed by atoms with Gasteiger partial charge in [0.25, 0.3) is 5.91 Å². The molecule has 2 aromatic rings. The van der Waals surface area contributed by atoms with Crippen LogP contribution in [0.15, 0.2) is 36.7 Å². The van der Waals surface area contributed by atoms with Crippen molar-refractivity contribution in [2.75, 3.05) is 7.05 Å². The second kappa shape index (κ2) is 5.23. The number of carbonyl (C=O) groups is 1. The molecule has 0 fully saturated rings. The highest BCUT2D eigenvalue weighted by Crippen LogP contribution is 2.10. The zero-order chi connectivity index (χ0) is 13.1. The van der Waals surface area contributed by atoms with Gasteiger partial charge in [0.15, 0.2) is 0 Å². The largest absolute Gasteiger partial charge is 0.353 e. The Hall–Kier alpha value is -1.81. The molecule has 0 saturated carbocycles. The van der Waals surface area contributed by atoms with Crippen LogP contribution in [0.5, 0.6) is 0 Å². The number of hydrogen-bond donors (Lipinski definition) is 0. The van der Waals surface area contributed by atoms with Crippen LogP contribution in [-0.4, -0.2) is 27.4 Å². The minimum absolute atomic E-state index is 0.0691. The van der Waals surface area contributed by atoms with Crippen molar-refractivity contribution < 1.29 is 4.79 Å². The molecule has 2 aromatic heterocycles. The average Bonchev–Trinajstić information content (AvgIpc) is 2.75. The molecular formula is C13H14ClN3O. The first-order valence-electron chi connectivity index (χ1n) is 5.55. The summed E-state index contributed by atoms with van der Waals surface area (Å²) in [7, 11) is 3.72. The van der Waals surface area contributed by atoms with E-state index in [-0.39, 0.29) is 5.91 Å². The first-order chi connectivity index (χ1) is 8.58. The molecular weight excluding hydrogens is 250 g/mol. The Morgan fingerprint density at radius 3 is 2.78 bits per heavy atom. The molecule has 0 saturated heterocycles. The van der Waals surface area contributed by atoms with Crippen LogP contribution in [0.2, 0.25) is 5.15 Å². The summed E-state index contributed by atoms with van der Waals surface area (Å²) in [6, 6.07) is 7.24. The monoisotopic (exact) mass is 263 g/mol. The summed E-state index contributed by atoms with van der Waals surface area (Å²) in [5, 5.41) is 0.386. The average molecular weight is 264 g/mol. The number of halogens is 1.